The van der Waals surface area contributed by atoms with Gasteiger partial charge in [-0.15, -0.1) is 17.0 Å². The number of aromatic nitrogens is 1. The van der Waals surface area contributed by atoms with Crippen LogP contribution in [0.2, 0.25) is 0 Å². The van der Waals surface area contributed by atoms with E-state index >= 15 is 0 Å². The van der Waals surface area contributed by atoms with Crippen molar-refractivity contribution < 1.29 is 9.53 Å². The maximum absolute atomic E-state index is 13.3. The summed E-state index contributed by atoms with van der Waals surface area (Å²) in [4.78, 5) is 21.9. The fraction of sp³-hybridized carbons (Fsp3) is 0.480. The summed E-state index contributed by atoms with van der Waals surface area (Å²) in [7, 11) is 5.58. The quantitative estimate of drug-likeness (QED) is 0.569. The molecule has 1 saturated carbocycles. The zero-order chi connectivity index (χ0) is 22.5. The summed E-state index contributed by atoms with van der Waals surface area (Å²) < 4.78 is 5.72. The minimum atomic E-state index is -0.174. The Balaban J connectivity index is 0.00000289. The molecule has 0 unspecified atom stereocenters. The number of halogens is 1. The molecule has 172 valence electrons. The van der Waals surface area contributed by atoms with Crippen LogP contribution in [0, 0.1) is 5.41 Å². The van der Waals surface area contributed by atoms with Crippen LogP contribution >= 0.6 is 17.0 Å². The summed E-state index contributed by atoms with van der Waals surface area (Å²) in [6, 6.07) is 8.00. The number of hydrogen-bond donors (Lipinski definition) is 1. The monoisotopic (exact) mass is 500 g/mol. The number of ether oxygens (including phenoxy) is 1. The van der Waals surface area contributed by atoms with Crippen LogP contribution in [0.4, 0.5) is 5.69 Å². The number of nitrogens with zero attached hydrogens (tertiary/aromatic N) is 3. The van der Waals surface area contributed by atoms with Crippen LogP contribution in [0.15, 0.2) is 24.3 Å². The lowest BCUT2D eigenvalue weighted by Gasteiger charge is -2.27. The molecular formula is C25H33BrN4O2. The lowest BCUT2D eigenvalue weighted by Crippen LogP contribution is -2.31. The summed E-state index contributed by atoms with van der Waals surface area (Å²) in [5.41, 5.74) is 5.19. The minimum absolute atomic E-state index is 0. The fourth-order valence-electron chi connectivity index (χ4n) is 4.15. The van der Waals surface area contributed by atoms with Crippen molar-refractivity contribution in [2.24, 2.45) is 0 Å². The number of methoxy groups -OCH3 is 1. The highest BCUT2D eigenvalue weighted by Gasteiger charge is 2.32. The van der Waals surface area contributed by atoms with E-state index in [2.05, 4.69) is 32.9 Å². The predicted octanol–water partition coefficient (Wildman–Crippen LogP) is 4.93. The van der Waals surface area contributed by atoms with E-state index < -0.39 is 0 Å². The third-order valence-electron chi connectivity index (χ3n) is 6.12. The number of nitrogens with one attached hydrogen (secondary N) is 1. The van der Waals surface area contributed by atoms with Gasteiger partial charge in [0, 0.05) is 48.9 Å². The van der Waals surface area contributed by atoms with Crippen LogP contribution in [-0.4, -0.2) is 49.3 Å². The molecule has 1 fully saturated rings. The Morgan fingerprint density at radius 3 is 2.50 bits per heavy atom. The highest BCUT2D eigenvalue weighted by Crippen LogP contribution is 2.41. The zero-order valence-electron chi connectivity index (χ0n) is 19.8. The van der Waals surface area contributed by atoms with Gasteiger partial charge in [-0.1, -0.05) is 26.8 Å². The van der Waals surface area contributed by atoms with Crippen molar-refractivity contribution in [2.75, 3.05) is 32.6 Å². The van der Waals surface area contributed by atoms with Gasteiger partial charge in [0.25, 0.3) is 0 Å². The average molecular weight is 501 g/mol. The molecule has 0 atom stereocenters. The van der Waals surface area contributed by atoms with Gasteiger partial charge in [-0.05, 0) is 36.5 Å². The highest BCUT2D eigenvalue weighted by atomic mass is 79.9. The third-order valence-corrected chi connectivity index (χ3v) is 6.12. The minimum Gasteiger partial charge on any atom is -0.494 e. The van der Waals surface area contributed by atoms with Crippen LogP contribution in [-0.2, 0) is 12.0 Å². The second kappa shape index (κ2) is 8.85. The van der Waals surface area contributed by atoms with E-state index in [0.29, 0.717) is 23.9 Å². The molecule has 4 rings (SSSR count). The molecule has 1 aromatic carbocycles. The predicted molar refractivity (Wildman–Crippen MR) is 134 cm³/mol. The van der Waals surface area contributed by atoms with E-state index in [9.17, 15) is 4.79 Å². The molecule has 2 aromatic rings. The Labute approximate surface area is 201 Å². The number of carbonyl (C=O) groups excluding carboxylic acids is 1. The van der Waals surface area contributed by atoms with Crippen LogP contribution in [0.5, 0.6) is 5.75 Å². The first-order valence-corrected chi connectivity index (χ1v) is 10.9. The Morgan fingerprint density at radius 2 is 1.94 bits per heavy atom. The summed E-state index contributed by atoms with van der Waals surface area (Å²) in [6.45, 7) is 7.08. The lowest BCUT2D eigenvalue weighted by molar-refractivity contribution is 0.0962. The fourth-order valence-corrected chi connectivity index (χ4v) is 4.15. The Morgan fingerprint density at radius 1 is 1.25 bits per heavy atom. The Bertz CT molecular complexity index is 1050. The van der Waals surface area contributed by atoms with Crippen LogP contribution < -0.4 is 9.64 Å². The first-order valence-electron chi connectivity index (χ1n) is 10.9. The lowest BCUT2D eigenvalue weighted by atomic mass is 9.84. The zero-order valence-corrected chi connectivity index (χ0v) is 21.5. The van der Waals surface area contributed by atoms with Crippen molar-refractivity contribution in [3.63, 3.8) is 0 Å². The van der Waals surface area contributed by atoms with Crippen molar-refractivity contribution in [3.05, 3.63) is 52.3 Å². The summed E-state index contributed by atoms with van der Waals surface area (Å²) in [5.74, 6) is 1.69. The molecule has 0 spiro atoms. The summed E-state index contributed by atoms with van der Waals surface area (Å²) in [6.07, 6.45) is 2.37. The van der Waals surface area contributed by atoms with E-state index in [1.165, 1.54) is 12.8 Å². The maximum atomic E-state index is 13.3. The number of carbonyl (C=O) groups is 1. The van der Waals surface area contributed by atoms with E-state index in [1.807, 2.05) is 36.0 Å². The average Bonchev–Trinajstić information content (AvgIpc) is 3.52. The van der Waals surface area contributed by atoms with Crippen LogP contribution in [0.3, 0.4) is 0 Å². The standard InChI is InChI=1S/C25H32N4O2.BrH/c1-25(2,3)18-11-17(12-20(28(4)5)23(18)31-6)21(30)14-29-13-16-9-10-19(15-7-8-15)27-22(16)24(29)26;/h9-12,15,26H,7-8,13-14H2,1-6H3;1H. The van der Waals surface area contributed by atoms with Gasteiger partial charge in [-0.2, -0.15) is 0 Å². The van der Waals surface area contributed by atoms with Gasteiger partial charge >= 0.3 is 0 Å². The Kier molecular flexibility index (Phi) is 6.70. The molecule has 0 bridgehead atoms. The van der Waals surface area contributed by atoms with Crippen LogP contribution in [0.1, 0.15) is 72.4 Å². The van der Waals surface area contributed by atoms with Gasteiger partial charge in [0.1, 0.15) is 17.3 Å². The van der Waals surface area contributed by atoms with Gasteiger partial charge in [0.15, 0.2) is 5.78 Å². The number of Topliss-reactive ketones (excluding diaryl/α,β-unsaturated/α-hetero) is 1. The van der Waals surface area contributed by atoms with Crippen molar-refractivity contribution in [3.8, 4) is 5.75 Å². The molecule has 0 radical (unpaired) electrons. The summed E-state index contributed by atoms with van der Waals surface area (Å²) >= 11 is 0. The molecule has 0 amide bonds. The van der Waals surface area contributed by atoms with Crippen LogP contribution in [0.25, 0.3) is 0 Å². The number of amidine groups is 1. The normalized spacial score (nSPS) is 15.3. The van der Waals surface area contributed by atoms with E-state index in [4.69, 9.17) is 15.1 Å². The molecule has 2 heterocycles. The van der Waals surface area contributed by atoms with Gasteiger partial charge in [-0.3, -0.25) is 10.2 Å². The number of pyridine rings is 1. The first kappa shape index (κ1) is 24.2. The second-order valence-electron chi connectivity index (χ2n) is 9.87. The van der Waals surface area contributed by atoms with E-state index in [1.54, 1.807) is 7.11 Å². The van der Waals surface area contributed by atoms with Crippen molar-refractivity contribution in [1.29, 1.82) is 5.41 Å². The van der Waals surface area contributed by atoms with E-state index in [0.717, 1.165) is 34.0 Å². The molecule has 0 saturated heterocycles. The molecule has 2 aliphatic rings. The number of anilines is 1. The summed E-state index contributed by atoms with van der Waals surface area (Å²) in [5, 5.41) is 8.60. The maximum Gasteiger partial charge on any atom is 0.182 e. The van der Waals surface area contributed by atoms with Gasteiger partial charge in [0.2, 0.25) is 0 Å². The number of hydrogen-bond acceptors (Lipinski definition) is 5. The molecule has 1 aliphatic carbocycles. The molecule has 1 aromatic heterocycles. The SMILES string of the molecule is Br.COc1c(N(C)C)cc(C(=O)CN2Cc3ccc(C4CC4)nc3C2=N)cc1C(C)(C)C. The molecule has 1 aliphatic heterocycles. The molecule has 6 nitrogen and oxygen atoms in total. The Hall–Kier alpha value is -2.41. The second-order valence-corrected chi connectivity index (χ2v) is 9.87. The molecule has 7 heteroatoms. The van der Waals surface area contributed by atoms with Gasteiger partial charge < -0.3 is 14.5 Å². The molecule has 1 N–H and O–H groups in total. The number of benzene rings is 1. The van der Waals surface area contributed by atoms with Gasteiger partial charge in [0.05, 0.1) is 19.3 Å². The smallest absolute Gasteiger partial charge is 0.182 e. The largest absolute Gasteiger partial charge is 0.494 e. The topological polar surface area (TPSA) is 69.5 Å². The molecular weight excluding hydrogens is 468 g/mol. The number of fused-ring (bicyclic) bond motifs is 1. The molecule has 32 heavy (non-hydrogen) atoms. The third kappa shape index (κ3) is 4.53. The highest BCUT2D eigenvalue weighted by molar-refractivity contribution is 8.93. The number of ketones is 1. The van der Waals surface area contributed by atoms with Crippen molar-refractivity contribution in [1.82, 2.24) is 9.88 Å². The van der Waals surface area contributed by atoms with Gasteiger partial charge in [-0.25, -0.2) is 4.98 Å². The van der Waals surface area contributed by atoms with Crippen molar-refractivity contribution in [2.45, 2.75) is 51.5 Å². The number of rotatable bonds is 6. The first-order chi connectivity index (χ1) is 14.6. The van der Waals surface area contributed by atoms with Crippen molar-refractivity contribution >= 4 is 34.3 Å². The van der Waals surface area contributed by atoms with E-state index in [-0.39, 0.29) is 34.7 Å².